The third-order valence-corrected chi connectivity index (χ3v) is 4.23. The first-order chi connectivity index (χ1) is 10.0. The van der Waals surface area contributed by atoms with Crippen molar-refractivity contribution < 1.29 is 9.21 Å². The van der Waals surface area contributed by atoms with E-state index in [1.165, 1.54) is 4.88 Å². The Bertz CT molecular complexity index is 578. The van der Waals surface area contributed by atoms with Crippen LogP contribution in [-0.2, 0) is 12.8 Å². The number of nitrogens with zero attached hydrogens (tertiary/aromatic N) is 1. The third-order valence-electron chi connectivity index (χ3n) is 3.10. The normalized spacial score (nSPS) is 12.1. The fourth-order valence-electron chi connectivity index (χ4n) is 2.15. The molecule has 0 aromatic carbocycles. The predicted molar refractivity (Wildman–Crippen MR) is 83.7 cm³/mol. The van der Waals surface area contributed by atoms with Gasteiger partial charge in [0.25, 0.3) is 0 Å². The predicted octanol–water partition coefficient (Wildman–Crippen LogP) is 2.83. The van der Waals surface area contributed by atoms with Gasteiger partial charge in [0.15, 0.2) is 0 Å². The Morgan fingerprint density at radius 3 is 2.90 bits per heavy atom. The number of thiazole rings is 1. The highest BCUT2D eigenvalue weighted by molar-refractivity contribution is 7.11. The van der Waals surface area contributed by atoms with E-state index in [1.807, 2.05) is 32.9 Å². The Morgan fingerprint density at radius 1 is 1.48 bits per heavy atom. The number of aryl methyl sites for hydroxylation is 2. The van der Waals surface area contributed by atoms with Crippen LogP contribution < -0.4 is 10.6 Å². The maximum Gasteiger partial charge on any atom is 0.315 e. The zero-order valence-electron chi connectivity index (χ0n) is 12.6. The van der Waals surface area contributed by atoms with Crippen LogP contribution in [0.25, 0.3) is 0 Å². The minimum atomic E-state index is -0.145. The number of aromatic nitrogens is 1. The molecule has 2 aromatic rings. The highest BCUT2D eigenvalue weighted by Gasteiger charge is 2.10. The number of furan rings is 1. The Labute approximate surface area is 128 Å². The van der Waals surface area contributed by atoms with Crippen LogP contribution >= 0.6 is 11.3 Å². The summed E-state index contributed by atoms with van der Waals surface area (Å²) in [6, 6.07) is 3.64. The molecule has 114 valence electrons. The molecule has 2 aromatic heterocycles. The lowest BCUT2D eigenvalue weighted by molar-refractivity contribution is 0.237. The highest BCUT2D eigenvalue weighted by atomic mass is 32.1. The van der Waals surface area contributed by atoms with Gasteiger partial charge < -0.3 is 15.1 Å². The summed E-state index contributed by atoms with van der Waals surface area (Å²) in [4.78, 5) is 17.4. The fraction of sp³-hybridized carbons (Fsp3) is 0.467. The number of carbonyl (C=O) groups excluding carboxylic acids is 1. The van der Waals surface area contributed by atoms with Crippen LogP contribution in [0.5, 0.6) is 0 Å². The van der Waals surface area contributed by atoms with Crippen molar-refractivity contribution in [3.8, 4) is 0 Å². The number of hydrogen-bond acceptors (Lipinski definition) is 4. The molecule has 1 atom stereocenters. The summed E-state index contributed by atoms with van der Waals surface area (Å²) < 4.78 is 5.26. The number of urea groups is 1. The van der Waals surface area contributed by atoms with Crippen LogP contribution in [0.4, 0.5) is 4.79 Å². The summed E-state index contributed by atoms with van der Waals surface area (Å²) in [6.45, 7) is 6.57. The molecule has 2 rings (SSSR count). The molecule has 0 saturated carbocycles. The van der Waals surface area contributed by atoms with Gasteiger partial charge in [0.05, 0.1) is 17.0 Å². The second kappa shape index (κ2) is 7.26. The van der Waals surface area contributed by atoms with Crippen LogP contribution in [-0.4, -0.2) is 23.6 Å². The number of hydrogen-bond donors (Lipinski definition) is 2. The van der Waals surface area contributed by atoms with E-state index in [0.717, 1.165) is 22.9 Å². The lowest BCUT2D eigenvalue weighted by atomic mass is 10.2. The maximum absolute atomic E-state index is 11.8. The molecule has 0 spiro atoms. The van der Waals surface area contributed by atoms with Crippen molar-refractivity contribution in [3.05, 3.63) is 39.7 Å². The molecule has 0 aliphatic heterocycles. The van der Waals surface area contributed by atoms with Crippen molar-refractivity contribution in [1.29, 1.82) is 0 Å². The van der Waals surface area contributed by atoms with E-state index in [9.17, 15) is 4.79 Å². The lowest BCUT2D eigenvalue weighted by Crippen LogP contribution is -2.42. The average molecular weight is 307 g/mol. The van der Waals surface area contributed by atoms with E-state index in [1.54, 1.807) is 17.6 Å². The molecular formula is C15H21N3O2S. The summed E-state index contributed by atoms with van der Waals surface area (Å²) in [6.07, 6.45) is 3.15. The number of carbonyl (C=O) groups is 1. The van der Waals surface area contributed by atoms with Gasteiger partial charge in [-0.05, 0) is 32.9 Å². The van der Waals surface area contributed by atoms with Crippen molar-refractivity contribution in [3.63, 3.8) is 0 Å². The minimum absolute atomic E-state index is 0.0311. The second-order valence-corrected chi connectivity index (χ2v) is 6.36. The summed E-state index contributed by atoms with van der Waals surface area (Å²) in [5, 5.41) is 6.85. The van der Waals surface area contributed by atoms with Gasteiger partial charge in [-0.15, -0.1) is 11.3 Å². The van der Waals surface area contributed by atoms with Crippen LogP contribution in [0.2, 0.25) is 0 Å². The molecule has 2 N–H and O–H groups in total. The summed E-state index contributed by atoms with van der Waals surface area (Å²) in [5.41, 5.74) is 1.06. The molecule has 2 heterocycles. The topological polar surface area (TPSA) is 67.2 Å². The van der Waals surface area contributed by atoms with Gasteiger partial charge in [-0.3, -0.25) is 0 Å². The summed E-state index contributed by atoms with van der Waals surface area (Å²) >= 11 is 1.69. The molecule has 2 amide bonds. The molecule has 5 nitrogen and oxygen atoms in total. The van der Waals surface area contributed by atoms with E-state index < -0.39 is 0 Å². The number of nitrogens with one attached hydrogen (secondary N) is 2. The van der Waals surface area contributed by atoms with E-state index >= 15 is 0 Å². The number of amides is 2. The number of rotatable bonds is 6. The first-order valence-corrected chi connectivity index (χ1v) is 7.86. The summed E-state index contributed by atoms with van der Waals surface area (Å²) in [7, 11) is 0. The third kappa shape index (κ3) is 4.90. The van der Waals surface area contributed by atoms with Crippen molar-refractivity contribution in [2.45, 2.75) is 39.7 Å². The molecule has 0 aliphatic carbocycles. The van der Waals surface area contributed by atoms with Gasteiger partial charge in [0.2, 0.25) is 0 Å². The van der Waals surface area contributed by atoms with Gasteiger partial charge in [-0.1, -0.05) is 0 Å². The Morgan fingerprint density at radius 2 is 2.29 bits per heavy atom. The van der Waals surface area contributed by atoms with Crippen molar-refractivity contribution in [1.82, 2.24) is 15.6 Å². The smallest absolute Gasteiger partial charge is 0.315 e. The Hall–Kier alpha value is -1.82. The molecule has 0 bridgehead atoms. The summed E-state index contributed by atoms with van der Waals surface area (Å²) in [5.74, 6) is 0.874. The van der Waals surface area contributed by atoms with E-state index in [0.29, 0.717) is 13.0 Å². The monoisotopic (exact) mass is 307 g/mol. The van der Waals surface area contributed by atoms with Crippen LogP contribution in [0.3, 0.4) is 0 Å². The molecule has 0 aliphatic rings. The Kier molecular flexibility index (Phi) is 5.38. The lowest BCUT2D eigenvalue weighted by Gasteiger charge is -2.13. The zero-order valence-corrected chi connectivity index (χ0v) is 13.4. The first kappa shape index (κ1) is 15.6. The zero-order chi connectivity index (χ0) is 15.2. The van der Waals surface area contributed by atoms with Crippen molar-refractivity contribution >= 4 is 17.4 Å². The standard InChI is InChI=1S/C15H21N3O2S/c1-10(9-13-5-4-8-20-13)17-15(19)16-7-6-14-11(2)18-12(3)21-14/h4-5,8,10H,6-7,9H2,1-3H3,(H2,16,17,19)/t10-/m0/s1. The molecule has 6 heteroatoms. The largest absolute Gasteiger partial charge is 0.469 e. The van der Waals surface area contributed by atoms with Crippen LogP contribution in [0.15, 0.2) is 22.8 Å². The van der Waals surface area contributed by atoms with Crippen LogP contribution in [0.1, 0.15) is 28.3 Å². The van der Waals surface area contributed by atoms with Gasteiger partial charge in [0, 0.05) is 30.3 Å². The van der Waals surface area contributed by atoms with Gasteiger partial charge in [-0.2, -0.15) is 0 Å². The minimum Gasteiger partial charge on any atom is -0.469 e. The fourth-order valence-corrected chi connectivity index (χ4v) is 3.09. The van der Waals surface area contributed by atoms with Gasteiger partial charge in [0.1, 0.15) is 5.76 Å². The van der Waals surface area contributed by atoms with Crippen molar-refractivity contribution in [2.75, 3.05) is 6.54 Å². The molecule has 21 heavy (non-hydrogen) atoms. The molecule has 0 unspecified atom stereocenters. The van der Waals surface area contributed by atoms with Gasteiger partial charge >= 0.3 is 6.03 Å². The van der Waals surface area contributed by atoms with Crippen molar-refractivity contribution in [2.24, 2.45) is 0 Å². The molecule has 0 fully saturated rings. The van der Waals surface area contributed by atoms with Crippen LogP contribution in [0, 0.1) is 13.8 Å². The van der Waals surface area contributed by atoms with E-state index in [4.69, 9.17) is 4.42 Å². The SMILES string of the molecule is Cc1nc(C)c(CCNC(=O)N[C@@H](C)Cc2ccco2)s1. The first-order valence-electron chi connectivity index (χ1n) is 7.04. The average Bonchev–Trinajstić information content (AvgIpc) is 2.99. The molecular weight excluding hydrogens is 286 g/mol. The molecule has 0 radical (unpaired) electrons. The van der Waals surface area contributed by atoms with E-state index in [2.05, 4.69) is 15.6 Å². The Balaban J connectivity index is 1.68. The molecule has 0 saturated heterocycles. The van der Waals surface area contributed by atoms with Gasteiger partial charge in [-0.25, -0.2) is 9.78 Å². The van der Waals surface area contributed by atoms with E-state index in [-0.39, 0.29) is 12.1 Å². The maximum atomic E-state index is 11.8. The second-order valence-electron chi connectivity index (χ2n) is 5.08. The highest BCUT2D eigenvalue weighted by Crippen LogP contribution is 2.16. The quantitative estimate of drug-likeness (QED) is 0.862.